The van der Waals surface area contributed by atoms with E-state index in [1.165, 1.54) is 12.7 Å². The Morgan fingerprint density at radius 3 is 2.55 bits per heavy atom. The van der Waals surface area contributed by atoms with Crippen molar-refractivity contribution in [3.63, 3.8) is 0 Å². The monoisotopic (exact) mass is 305 g/mol. The van der Waals surface area contributed by atoms with Crippen molar-refractivity contribution in [3.05, 3.63) is 29.8 Å². The molecule has 1 aromatic carbocycles. The van der Waals surface area contributed by atoms with Crippen LogP contribution in [-0.4, -0.2) is 43.7 Å². The Morgan fingerprint density at radius 2 is 2.00 bits per heavy atom. The van der Waals surface area contributed by atoms with E-state index in [9.17, 15) is 4.79 Å². The minimum Gasteiger partial charge on any atom is -0.493 e. The number of esters is 1. The standard InChI is InChI=1S/C18H27NO3/c1-13(2)19-10-9-15(11-19)17(18(20)21-4)12-22-16-7-5-14(3)6-8-16/h5-8,13,15,17H,9-12H2,1-4H3. The molecule has 1 fully saturated rings. The molecule has 0 spiro atoms. The number of likely N-dealkylation sites (tertiary alicyclic amines) is 1. The Balaban J connectivity index is 1.98. The fourth-order valence-electron chi connectivity index (χ4n) is 2.98. The minimum atomic E-state index is -0.199. The minimum absolute atomic E-state index is 0.164. The lowest BCUT2D eigenvalue weighted by Crippen LogP contribution is -2.34. The first-order chi connectivity index (χ1) is 10.5. The first-order valence-electron chi connectivity index (χ1n) is 8.02. The fraction of sp³-hybridized carbons (Fsp3) is 0.611. The summed E-state index contributed by atoms with van der Waals surface area (Å²) in [6.07, 6.45) is 1.02. The van der Waals surface area contributed by atoms with Crippen LogP contribution in [0.2, 0.25) is 0 Å². The van der Waals surface area contributed by atoms with Gasteiger partial charge < -0.3 is 14.4 Å². The molecule has 122 valence electrons. The number of rotatable bonds is 6. The molecule has 0 bridgehead atoms. The highest BCUT2D eigenvalue weighted by Crippen LogP contribution is 2.27. The number of benzene rings is 1. The van der Waals surface area contributed by atoms with Crippen LogP contribution in [0.5, 0.6) is 5.75 Å². The van der Waals surface area contributed by atoms with Gasteiger partial charge in [0.25, 0.3) is 0 Å². The molecular weight excluding hydrogens is 278 g/mol. The first-order valence-corrected chi connectivity index (χ1v) is 8.02. The van der Waals surface area contributed by atoms with E-state index in [0.717, 1.165) is 25.3 Å². The third-order valence-corrected chi connectivity index (χ3v) is 4.51. The summed E-state index contributed by atoms with van der Waals surface area (Å²) in [5.41, 5.74) is 1.19. The van der Waals surface area contributed by atoms with Gasteiger partial charge in [-0.05, 0) is 51.8 Å². The topological polar surface area (TPSA) is 38.8 Å². The van der Waals surface area contributed by atoms with Gasteiger partial charge in [0.15, 0.2) is 0 Å². The van der Waals surface area contributed by atoms with Gasteiger partial charge in [-0.25, -0.2) is 0 Å². The molecule has 2 unspecified atom stereocenters. The smallest absolute Gasteiger partial charge is 0.312 e. The fourth-order valence-corrected chi connectivity index (χ4v) is 2.98. The van der Waals surface area contributed by atoms with Crippen LogP contribution in [-0.2, 0) is 9.53 Å². The molecule has 2 atom stereocenters. The van der Waals surface area contributed by atoms with Crippen LogP contribution in [0, 0.1) is 18.8 Å². The molecule has 0 aliphatic carbocycles. The lowest BCUT2D eigenvalue weighted by atomic mass is 9.92. The summed E-state index contributed by atoms with van der Waals surface area (Å²) in [5.74, 6) is 0.747. The predicted molar refractivity (Wildman–Crippen MR) is 87.0 cm³/mol. The van der Waals surface area contributed by atoms with Crippen molar-refractivity contribution in [2.75, 3.05) is 26.8 Å². The van der Waals surface area contributed by atoms with E-state index >= 15 is 0 Å². The summed E-state index contributed by atoms with van der Waals surface area (Å²) in [6, 6.07) is 8.43. The second kappa shape index (κ2) is 7.63. The normalized spacial score (nSPS) is 20.1. The van der Waals surface area contributed by atoms with Crippen LogP contribution in [0.3, 0.4) is 0 Å². The van der Waals surface area contributed by atoms with Gasteiger partial charge in [-0.15, -0.1) is 0 Å². The molecule has 0 radical (unpaired) electrons. The molecule has 1 aliphatic heterocycles. The summed E-state index contributed by atoms with van der Waals surface area (Å²) in [6.45, 7) is 8.79. The Kier molecular flexibility index (Phi) is 5.83. The number of hydrogen-bond donors (Lipinski definition) is 0. The average Bonchev–Trinajstić information content (AvgIpc) is 2.99. The van der Waals surface area contributed by atoms with E-state index in [4.69, 9.17) is 9.47 Å². The summed E-state index contributed by atoms with van der Waals surface area (Å²) in [7, 11) is 1.45. The Bertz CT molecular complexity index is 484. The van der Waals surface area contributed by atoms with Gasteiger partial charge >= 0.3 is 5.97 Å². The molecule has 1 aromatic rings. The molecule has 1 aliphatic rings. The molecule has 1 heterocycles. The third-order valence-electron chi connectivity index (χ3n) is 4.51. The summed E-state index contributed by atoms with van der Waals surface area (Å²) < 4.78 is 10.8. The number of carbonyl (C=O) groups excluding carboxylic acids is 1. The second-order valence-corrected chi connectivity index (χ2v) is 6.39. The molecule has 4 nitrogen and oxygen atoms in total. The van der Waals surface area contributed by atoms with Crippen molar-refractivity contribution in [3.8, 4) is 5.75 Å². The van der Waals surface area contributed by atoms with Gasteiger partial charge in [-0.2, -0.15) is 0 Å². The number of ether oxygens (including phenoxy) is 2. The van der Waals surface area contributed by atoms with Crippen LogP contribution in [0.4, 0.5) is 0 Å². The number of nitrogens with zero attached hydrogens (tertiary/aromatic N) is 1. The highest BCUT2D eigenvalue weighted by Gasteiger charge is 2.35. The highest BCUT2D eigenvalue weighted by atomic mass is 16.5. The molecule has 0 saturated carbocycles. The van der Waals surface area contributed by atoms with E-state index in [2.05, 4.69) is 18.7 Å². The summed E-state index contributed by atoms with van der Waals surface area (Å²) in [5, 5.41) is 0. The molecular formula is C18H27NO3. The lowest BCUT2D eigenvalue weighted by Gasteiger charge is -2.24. The van der Waals surface area contributed by atoms with E-state index in [0.29, 0.717) is 18.6 Å². The largest absolute Gasteiger partial charge is 0.493 e. The third kappa shape index (κ3) is 4.23. The lowest BCUT2D eigenvalue weighted by molar-refractivity contribution is -0.148. The molecule has 22 heavy (non-hydrogen) atoms. The zero-order valence-electron chi connectivity index (χ0n) is 14.0. The van der Waals surface area contributed by atoms with Crippen molar-refractivity contribution in [1.82, 2.24) is 4.90 Å². The molecule has 2 rings (SSSR count). The number of carbonyl (C=O) groups is 1. The summed E-state index contributed by atoms with van der Waals surface area (Å²) in [4.78, 5) is 14.5. The molecule has 0 amide bonds. The maximum Gasteiger partial charge on any atom is 0.312 e. The Labute approximate surface area is 133 Å². The van der Waals surface area contributed by atoms with Crippen LogP contribution in [0.15, 0.2) is 24.3 Å². The molecule has 0 aromatic heterocycles. The predicted octanol–water partition coefficient (Wildman–Crippen LogP) is 2.89. The zero-order valence-corrected chi connectivity index (χ0v) is 14.0. The van der Waals surface area contributed by atoms with Crippen molar-refractivity contribution >= 4 is 5.97 Å². The average molecular weight is 305 g/mol. The van der Waals surface area contributed by atoms with Gasteiger partial charge in [0.1, 0.15) is 12.4 Å². The number of methoxy groups -OCH3 is 1. The first kappa shape index (κ1) is 16.8. The highest BCUT2D eigenvalue weighted by molar-refractivity contribution is 5.73. The Hall–Kier alpha value is -1.55. The number of aryl methyl sites for hydroxylation is 1. The molecule has 1 saturated heterocycles. The van der Waals surface area contributed by atoms with Crippen molar-refractivity contribution in [1.29, 1.82) is 0 Å². The van der Waals surface area contributed by atoms with Crippen LogP contribution < -0.4 is 4.74 Å². The van der Waals surface area contributed by atoms with E-state index in [-0.39, 0.29) is 11.9 Å². The van der Waals surface area contributed by atoms with Gasteiger partial charge in [-0.3, -0.25) is 4.79 Å². The van der Waals surface area contributed by atoms with Gasteiger partial charge in [0.2, 0.25) is 0 Å². The zero-order chi connectivity index (χ0) is 16.1. The van der Waals surface area contributed by atoms with Crippen molar-refractivity contribution in [2.24, 2.45) is 11.8 Å². The van der Waals surface area contributed by atoms with E-state index < -0.39 is 0 Å². The van der Waals surface area contributed by atoms with Crippen LogP contribution >= 0.6 is 0 Å². The molecule has 4 heteroatoms. The van der Waals surface area contributed by atoms with Crippen molar-refractivity contribution in [2.45, 2.75) is 33.2 Å². The van der Waals surface area contributed by atoms with Gasteiger partial charge in [0.05, 0.1) is 13.0 Å². The van der Waals surface area contributed by atoms with Crippen LogP contribution in [0.25, 0.3) is 0 Å². The van der Waals surface area contributed by atoms with Gasteiger partial charge in [0, 0.05) is 12.6 Å². The molecule has 0 N–H and O–H groups in total. The van der Waals surface area contributed by atoms with E-state index in [1.807, 2.05) is 31.2 Å². The summed E-state index contributed by atoms with van der Waals surface area (Å²) >= 11 is 0. The van der Waals surface area contributed by atoms with E-state index in [1.54, 1.807) is 0 Å². The SMILES string of the molecule is COC(=O)C(COc1ccc(C)cc1)C1CCN(C(C)C)C1. The number of hydrogen-bond acceptors (Lipinski definition) is 4. The maximum absolute atomic E-state index is 12.1. The van der Waals surface area contributed by atoms with Crippen molar-refractivity contribution < 1.29 is 14.3 Å². The maximum atomic E-state index is 12.1. The Morgan fingerprint density at radius 1 is 1.32 bits per heavy atom. The van der Waals surface area contributed by atoms with Crippen LogP contribution in [0.1, 0.15) is 25.8 Å². The quantitative estimate of drug-likeness (QED) is 0.758. The second-order valence-electron chi connectivity index (χ2n) is 6.39. The van der Waals surface area contributed by atoms with Gasteiger partial charge in [-0.1, -0.05) is 17.7 Å².